The minimum atomic E-state index is 0. The van der Waals surface area contributed by atoms with Crippen LogP contribution in [0.1, 0.15) is 19.3 Å². The van der Waals surface area contributed by atoms with Gasteiger partial charge in [0, 0.05) is 44.5 Å². The van der Waals surface area contributed by atoms with Crippen LogP contribution in [-0.2, 0) is 0 Å². The Labute approximate surface area is 169 Å². The van der Waals surface area contributed by atoms with Crippen molar-refractivity contribution in [1.82, 2.24) is 15.5 Å². The highest BCUT2D eigenvalue weighted by atomic mass is 127. The Morgan fingerprint density at radius 1 is 1.24 bits per heavy atom. The van der Waals surface area contributed by atoms with Gasteiger partial charge < -0.3 is 20.4 Å². The summed E-state index contributed by atoms with van der Waals surface area (Å²) in [7, 11) is 6.21. The number of aliphatic imine (C=N–C) groups is 1. The van der Waals surface area contributed by atoms with Crippen molar-refractivity contribution in [2.45, 2.75) is 31.3 Å². The SMILES string of the molecule is CN=C(NCC(C1CC1)N(C)C)NC1CCN(c2ccccc2)C1.I. The quantitative estimate of drug-likeness (QED) is 0.391. The second kappa shape index (κ2) is 9.62. The zero-order valence-corrected chi connectivity index (χ0v) is 17.9. The largest absolute Gasteiger partial charge is 0.369 e. The summed E-state index contributed by atoms with van der Waals surface area (Å²) in [5.41, 5.74) is 1.31. The van der Waals surface area contributed by atoms with Gasteiger partial charge in [0.1, 0.15) is 0 Å². The van der Waals surface area contributed by atoms with E-state index < -0.39 is 0 Å². The molecule has 25 heavy (non-hydrogen) atoms. The highest BCUT2D eigenvalue weighted by Gasteiger charge is 2.32. The van der Waals surface area contributed by atoms with Gasteiger partial charge in [-0.15, -0.1) is 24.0 Å². The fourth-order valence-corrected chi connectivity index (χ4v) is 3.59. The number of anilines is 1. The molecule has 1 saturated carbocycles. The second-order valence-electron chi connectivity index (χ2n) is 7.23. The smallest absolute Gasteiger partial charge is 0.191 e. The minimum absolute atomic E-state index is 0. The molecule has 6 heteroatoms. The molecular formula is C19H32IN5. The van der Waals surface area contributed by atoms with Crippen LogP contribution in [0.25, 0.3) is 0 Å². The molecule has 0 amide bonds. The Kier molecular flexibility index (Phi) is 7.81. The van der Waals surface area contributed by atoms with Crippen molar-refractivity contribution < 1.29 is 0 Å². The summed E-state index contributed by atoms with van der Waals surface area (Å²) >= 11 is 0. The van der Waals surface area contributed by atoms with E-state index in [1.54, 1.807) is 0 Å². The number of guanidine groups is 1. The second-order valence-corrected chi connectivity index (χ2v) is 7.23. The van der Waals surface area contributed by atoms with E-state index >= 15 is 0 Å². The van der Waals surface area contributed by atoms with Crippen LogP contribution < -0.4 is 15.5 Å². The molecular weight excluding hydrogens is 425 g/mol. The van der Waals surface area contributed by atoms with Gasteiger partial charge in [-0.3, -0.25) is 4.99 Å². The summed E-state index contributed by atoms with van der Waals surface area (Å²) in [6.07, 6.45) is 3.88. The number of nitrogens with zero attached hydrogens (tertiary/aromatic N) is 3. The summed E-state index contributed by atoms with van der Waals surface area (Å²) in [5, 5.41) is 7.13. The normalized spacial score (nSPS) is 21.8. The van der Waals surface area contributed by atoms with E-state index in [-0.39, 0.29) is 24.0 Å². The molecule has 2 unspecified atom stereocenters. The van der Waals surface area contributed by atoms with Gasteiger partial charge in [0.05, 0.1) is 0 Å². The summed E-state index contributed by atoms with van der Waals surface area (Å²) < 4.78 is 0. The van der Waals surface area contributed by atoms with Crippen molar-refractivity contribution in [3.8, 4) is 0 Å². The van der Waals surface area contributed by atoms with Gasteiger partial charge >= 0.3 is 0 Å². The first-order valence-electron chi connectivity index (χ1n) is 9.11. The van der Waals surface area contributed by atoms with Crippen molar-refractivity contribution in [2.24, 2.45) is 10.9 Å². The molecule has 1 saturated heterocycles. The van der Waals surface area contributed by atoms with E-state index in [0.717, 1.165) is 37.9 Å². The zero-order valence-electron chi connectivity index (χ0n) is 15.6. The Balaban J connectivity index is 0.00000225. The molecule has 2 N–H and O–H groups in total. The number of para-hydroxylation sites is 1. The Morgan fingerprint density at radius 3 is 2.56 bits per heavy atom. The molecule has 0 spiro atoms. The highest BCUT2D eigenvalue weighted by Crippen LogP contribution is 2.34. The van der Waals surface area contributed by atoms with Crippen molar-refractivity contribution in [3.05, 3.63) is 30.3 Å². The Hall–Kier alpha value is -1.02. The first-order valence-corrected chi connectivity index (χ1v) is 9.11. The van der Waals surface area contributed by atoms with Gasteiger partial charge in [-0.1, -0.05) is 18.2 Å². The van der Waals surface area contributed by atoms with Crippen LogP contribution in [0.2, 0.25) is 0 Å². The molecule has 1 aromatic rings. The molecule has 1 heterocycles. The third-order valence-electron chi connectivity index (χ3n) is 5.18. The Morgan fingerprint density at radius 2 is 1.96 bits per heavy atom. The van der Waals surface area contributed by atoms with Gasteiger partial charge in [-0.05, 0) is 51.4 Å². The van der Waals surface area contributed by atoms with E-state index in [1.807, 2.05) is 7.05 Å². The third-order valence-corrected chi connectivity index (χ3v) is 5.18. The van der Waals surface area contributed by atoms with Crippen LogP contribution in [0.15, 0.2) is 35.3 Å². The number of rotatable bonds is 6. The maximum Gasteiger partial charge on any atom is 0.191 e. The van der Waals surface area contributed by atoms with Crippen molar-refractivity contribution in [1.29, 1.82) is 0 Å². The van der Waals surface area contributed by atoms with Crippen molar-refractivity contribution in [3.63, 3.8) is 0 Å². The monoisotopic (exact) mass is 457 g/mol. The summed E-state index contributed by atoms with van der Waals surface area (Å²) in [6, 6.07) is 11.7. The number of likely N-dealkylation sites (N-methyl/N-ethyl adjacent to an activating group) is 1. The van der Waals surface area contributed by atoms with E-state index in [1.165, 1.54) is 18.5 Å². The van der Waals surface area contributed by atoms with Gasteiger partial charge in [-0.2, -0.15) is 0 Å². The predicted octanol–water partition coefficient (Wildman–Crippen LogP) is 2.39. The third kappa shape index (κ3) is 5.74. The average molecular weight is 457 g/mol. The van der Waals surface area contributed by atoms with Gasteiger partial charge in [-0.25, -0.2) is 0 Å². The number of halogens is 1. The van der Waals surface area contributed by atoms with E-state index in [4.69, 9.17) is 0 Å². The molecule has 2 fully saturated rings. The first-order chi connectivity index (χ1) is 11.7. The molecule has 5 nitrogen and oxygen atoms in total. The maximum absolute atomic E-state index is 4.42. The van der Waals surface area contributed by atoms with E-state index in [9.17, 15) is 0 Å². The molecule has 1 aromatic carbocycles. The molecule has 1 aliphatic heterocycles. The minimum Gasteiger partial charge on any atom is -0.369 e. The maximum atomic E-state index is 4.42. The van der Waals surface area contributed by atoms with Gasteiger partial charge in [0.2, 0.25) is 0 Å². The summed E-state index contributed by atoms with van der Waals surface area (Å²) in [4.78, 5) is 9.20. The van der Waals surface area contributed by atoms with Crippen molar-refractivity contribution >= 4 is 35.6 Å². The number of nitrogens with one attached hydrogen (secondary N) is 2. The van der Waals surface area contributed by atoms with Gasteiger partial charge in [0.25, 0.3) is 0 Å². The predicted molar refractivity (Wildman–Crippen MR) is 117 cm³/mol. The molecule has 0 aromatic heterocycles. The fraction of sp³-hybridized carbons (Fsp3) is 0.632. The average Bonchev–Trinajstić information content (AvgIpc) is 3.32. The van der Waals surface area contributed by atoms with Crippen LogP contribution in [0.3, 0.4) is 0 Å². The summed E-state index contributed by atoms with van der Waals surface area (Å²) in [6.45, 7) is 3.10. The molecule has 140 valence electrons. The molecule has 3 rings (SSSR count). The summed E-state index contributed by atoms with van der Waals surface area (Å²) in [5.74, 6) is 1.79. The van der Waals surface area contributed by atoms with Crippen LogP contribution >= 0.6 is 24.0 Å². The fourth-order valence-electron chi connectivity index (χ4n) is 3.59. The van der Waals surface area contributed by atoms with E-state index in [2.05, 4.69) is 69.9 Å². The molecule has 0 bridgehead atoms. The van der Waals surface area contributed by atoms with Crippen LogP contribution in [-0.4, -0.2) is 63.7 Å². The lowest BCUT2D eigenvalue weighted by atomic mass is 10.1. The number of benzene rings is 1. The lowest BCUT2D eigenvalue weighted by Gasteiger charge is -2.26. The zero-order chi connectivity index (χ0) is 16.9. The number of hydrogen-bond acceptors (Lipinski definition) is 3. The van der Waals surface area contributed by atoms with E-state index in [0.29, 0.717) is 12.1 Å². The van der Waals surface area contributed by atoms with Crippen LogP contribution in [0, 0.1) is 5.92 Å². The van der Waals surface area contributed by atoms with Gasteiger partial charge in [0.15, 0.2) is 5.96 Å². The molecule has 1 aliphatic carbocycles. The standard InChI is InChI=1S/C19H31N5.HI/c1-20-19(21-13-18(23(2)3)15-9-10-15)22-16-11-12-24(14-16)17-7-5-4-6-8-17;/h4-8,15-16,18H,9-14H2,1-3H3,(H2,20,21,22);1H. The highest BCUT2D eigenvalue weighted by molar-refractivity contribution is 14.0. The Bertz CT molecular complexity index is 542. The topological polar surface area (TPSA) is 42.9 Å². The lowest BCUT2D eigenvalue weighted by molar-refractivity contribution is 0.264. The van der Waals surface area contributed by atoms with Crippen molar-refractivity contribution in [2.75, 3.05) is 45.7 Å². The molecule has 2 aliphatic rings. The first kappa shape index (κ1) is 20.3. The number of hydrogen-bond donors (Lipinski definition) is 2. The van der Waals surface area contributed by atoms with Crippen LogP contribution in [0.4, 0.5) is 5.69 Å². The lowest BCUT2D eigenvalue weighted by Crippen LogP contribution is -2.49. The molecule has 2 atom stereocenters. The van der Waals surface area contributed by atoms with Crippen LogP contribution in [0.5, 0.6) is 0 Å². The molecule has 0 radical (unpaired) electrons.